The van der Waals surface area contributed by atoms with E-state index in [-0.39, 0.29) is 5.54 Å². The Balaban J connectivity index is 2.50. The van der Waals surface area contributed by atoms with Crippen LogP contribution in [0.5, 0.6) is 0 Å². The van der Waals surface area contributed by atoms with E-state index in [9.17, 15) is 0 Å². The highest BCUT2D eigenvalue weighted by molar-refractivity contribution is 6.31. The van der Waals surface area contributed by atoms with Crippen LogP contribution in [-0.4, -0.2) is 33.9 Å². The van der Waals surface area contributed by atoms with E-state index in [0.717, 1.165) is 5.56 Å². The lowest BCUT2D eigenvalue weighted by Gasteiger charge is -2.24. The van der Waals surface area contributed by atoms with Gasteiger partial charge in [-0.2, -0.15) is 0 Å². The van der Waals surface area contributed by atoms with E-state index < -0.39 is 0 Å². The van der Waals surface area contributed by atoms with E-state index in [2.05, 4.69) is 15.5 Å². The number of nitrogen functional groups attached to an aromatic ring is 1. The number of tetrazole rings is 1. The predicted molar refractivity (Wildman–Crippen MR) is 73.9 cm³/mol. The average Bonchev–Trinajstić information content (AvgIpc) is 2.76. The molecule has 102 valence electrons. The molecule has 7 heteroatoms. The van der Waals surface area contributed by atoms with Crippen molar-refractivity contribution in [1.82, 2.24) is 20.2 Å². The molecule has 0 saturated carbocycles. The van der Waals surface area contributed by atoms with Gasteiger partial charge < -0.3 is 10.5 Å². The minimum atomic E-state index is -0.370. The van der Waals surface area contributed by atoms with E-state index in [1.807, 2.05) is 13.8 Å². The molecule has 1 aromatic carbocycles. The molecular weight excluding hydrogens is 266 g/mol. The SMILES string of the molecule is COCC(C)(C)n1nnnc1-c1cc(N)cc(Cl)c1. The van der Waals surface area contributed by atoms with Crippen LogP contribution in [-0.2, 0) is 10.3 Å². The van der Waals surface area contributed by atoms with Crippen molar-refractivity contribution < 1.29 is 4.74 Å². The summed E-state index contributed by atoms with van der Waals surface area (Å²) in [6, 6.07) is 5.25. The Morgan fingerprint density at radius 1 is 1.37 bits per heavy atom. The summed E-state index contributed by atoms with van der Waals surface area (Å²) in [4.78, 5) is 0. The van der Waals surface area contributed by atoms with Gasteiger partial charge >= 0.3 is 0 Å². The van der Waals surface area contributed by atoms with Gasteiger partial charge in [0.2, 0.25) is 0 Å². The monoisotopic (exact) mass is 281 g/mol. The quantitative estimate of drug-likeness (QED) is 0.867. The van der Waals surface area contributed by atoms with Gasteiger partial charge in [0, 0.05) is 23.4 Å². The molecule has 0 saturated heterocycles. The lowest BCUT2D eigenvalue weighted by molar-refractivity contribution is 0.101. The molecule has 1 heterocycles. The first-order valence-electron chi connectivity index (χ1n) is 5.78. The Labute approximate surface area is 116 Å². The zero-order valence-electron chi connectivity index (χ0n) is 11.1. The van der Waals surface area contributed by atoms with Crippen molar-refractivity contribution in [2.45, 2.75) is 19.4 Å². The van der Waals surface area contributed by atoms with Crippen molar-refractivity contribution in [1.29, 1.82) is 0 Å². The lowest BCUT2D eigenvalue weighted by atomic mass is 10.1. The van der Waals surface area contributed by atoms with Gasteiger partial charge in [-0.3, -0.25) is 0 Å². The topological polar surface area (TPSA) is 78.8 Å². The molecule has 0 unspecified atom stereocenters. The van der Waals surface area contributed by atoms with E-state index >= 15 is 0 Å². The maximum atomic E-state index is 6.01. The Morgan fingerprint density at radius 2 is 2.11 bits per heavy atom. The second-order valence-electron chi connectivity index (χ2n) is 4.93. The average molecular weight is 282 g/mol. The number of ether oxygens (including phenoxy) is 1. The number of methoxy groups -OCH3 is 1. The van der Waals surface area contributed by atoms with Gasteiger partial charge in [-0.1, -0.05) is 11.6 Å². The third-order valence-corrected chi connectivity index (χ3v) is 2.94. The highest BCUT2D eigenvalue weighted by atomic mass is 35.5. The van der Waals surface area contributed by atoms with Crippen molar-refractivity contribution in [2.75, 3.05) is 19.5 Å². The Kier molecular flexibility index (Phi) is 3.73. The van der Waals surface area contributed by atoms with Crippen LogP contribution >= 0.6 is 11.6 Å². The van der Waals surface area contributed by atoms with Gasteiger partial charge in [-0.25, -0.2) is 4.68 Å². The molecule has 2 aromatic rings. The molecule has 19 heavy (non-hydrogen) atoms. The first-order valence-corrected chi connectivity index (χ1v) is 6.16. The second-order valence-corrected chi connectivity index (χ2v) is 5.37. The van der Waals surface area contributed by atoms with E-state index in [1.54, 1.807) is 30.0 Å². The summed E-state index contributed by atoms with van der Waals surface area (Å²) < 4.78 is 6.91. The van der Waals surface area contributed by atoms with Gasteiger partial charge in [0.05, 0.1) is 12.1 Å². The van der Waals surface area contributed by atoms with Crippen LogP contribution in [0.25, 0.3) is 11.4 Å². The second kappa shape index (κ2) is 5.14. The van der Waals surface area contributed by atoms with Crippen LogP contribution in [0, 0.1) is 0 Å². The number of hydrogen-bond acceptors (Lipinski definition) is 5. The fourth-order valence-corrected chi connectivity index (χ4v) is 2.17. The van der Waals surface area contributed by atoms with Gasteiger partial charge in [0.25, 0.3) is 0 Å². The normalized spacial score (nSPS) is 11.8. The molecule has 0 bridgehead atoms. The summed E-state index contributed by atoms with van der Waals surface area (Å²) in [5.41, 5.74) is 6.77. The zero-order chi connectivity index (χ0) is 14.0. The van der Waals surface area contributed by atoms with Crippen molar-refractivity contribution in [2.24, 2.45) is 0 Å². The molecular formula is C12H16ClN5O. The summed E-state index contributed by atoms with van der Waals surface area (Å²) in [6.07, 6.45) is 0. The summed E-state index contributed by atoms with van der Waals surface area (Å²) in [5, 5.41) is 12.4. The van der Waals surface area contributed by atoms with Gasteiger partial charge in [-0.05, 0) is 42.5 Å². The van der Waals surface area contributed by atoms with E-state index in [4.69, 9.17) is 22.1 Å². The lowest BCUT2D eigenvalue weighted by Crippen LogP contribution is -2.33. The maximum Gasteiger partial charge on any atom is 0.182 e. The third-order valence-electron chi connectivity index (χ3n) is 2.72. The summed E-state index contributed by atoms with van der Waals surface area (Å²) in [7, 11) is 1.64. The minimum Gasteiger partial charge on any atom is -0.399 e. The van der Waals surface area contributed by atoms with Crippen LogP contribution in [0.4, 0.5) is 5.69 Å². The number of nitrogens with two attached hydrogens (primary N) is 1. The molecule has 6 nitrogen and oxygen atoms in total. The van der Waals surface area contributed by atoms with Crippen LogP contribution < -0.4 is 5.73 Å². The fourth-order valence-electron chi connectivity index (χ4n) is 1.93. The fraction of sp³-hybridized carbons (Fsp3) is 0.417. The number of benzene rings is 1. The third kappa shape index (κ3) is 2.85. The molecule has 0 fully saturated rings. The highest BCUT2D eigenvalue weighted by Gasteiger charge is 2.26. The minimum absolute atomic E-state index is 0.370. The molecule has 0 atom stereocenters. The molecule has 0 amide bonds. The summed E-state index contributed by atoms with van der Waals surface area (Å²) in [6.45, 7) is 4.47. The maximum absolute atomic E-state index is 6.01. The Morgan fingerprint density at radius 3 is 2.74 bits per heavy atom. The van der Waals surface area contributed by atoms with Crippen LogP contribution in [0.15, 0.2) is 18.2 Å². The molecule has 1 aromatic heterocycles. The number of aromatic nitrogens is 4. The predicted octanol–water partition coefficient (Wildman–Crippen LogP) is 1.96. The first kappa shape index (κ1) is 13.8. The number of nitrogens with zero attached hydrogens (tertiary/aromatic N) is 4. The molecule has 0 radical (unpaired) electrons. The summed E-state index contributed by atoms with van der Waals surface area (Å²) in [5.74, 6) is 0.608. The number of rotatable bonds is 4. The van der Waals surface area contributed by atoms with Crippen molar-refractivity contribution >= 4 is 17.3 Å². The Hall–Kier alpha value is -1.66. The van der Waals surface area contributed by atoms with Gasteiger partial charge in [-0.15, -0.1) is 5.10 Å². The molecule has 0 aliphatic carbocycles. The van der Waals surface area contributed by atoms with Crippen molar-refractivity contribution in [3.8, 4) is 11.4 Å². The van der Waals surface area contributed by atoms with E-state index in [0.29, 0.717) is 23.1 Å². The number of hydrogen-bond donors (Lipinski definition) is 1. The summed E-state index contributed by atoms with van der Waals surface area (Å²) >= 11 is 6.01. The van der Waals surface area contributed by atoms with Crippen molar-refractivity contribution in [3.63, 3.8) is 0 Å². The molecule has 2 rings (SSSR count). The van der Waals surface area contributed by atoms with Crippen LogP contribution in [0.3, 0.4) is 0 Å². The van der Waals surface area contributed by atoms with Gasteiger partial charge in [0.15, 0.2) is 5.82 Å². The molecule has 2 N–H and O–H groups in total. The van der Waals surface area contributed by atoms with Crippen LogP contribution in [0.1, 0.15) is 13.8 Å². The molecule has 0 aliphatic rings. The smallest absolute Gasteiger partial charge is 0.182 e. The number of halogens is 1. The van der Waals surface area contributed by atoms with Crippen molar-refractivity contribution in [3.05, 3.63) is 23.2 Å². The Bertz CT molecular complexity index is 561. The molecule has 0 aliphatic heterocycles. The zero-order valence-corrected chi connectivity index (χ0v) is 11.8. The van der Waals surface area contributed by atoms with E-state index in [1.165, 1.54) is 0 Å². The number of anilines is 1. The highest BCUT2D eigenvalue weighted by Crippen LogP contribution is 2.27. The van der Waals surface area contributed by atoms with Crippen LogP contribution in [0.2, 0.25) is 5.02 Å². The standard InChI is InChI=1S/C12H16ClN5O/c1-12(2,7-19-3)18-11(15-16-17-18)8-4-9(13)6-10(14)5-8/h4-6H,7,14H2,1-3H3. The largest absolute Gasteiger partial charge is 0.399 e. The first-order chi connectivity index (χ1) is 8.94. The molecule has 0 spiro atoms. The van der Waals surface area contributed by atoms with Gasteiger partial charge in [0.1, 0.15) is 0 Å².